The van der Waals surface area contributed by atoms with E-state index in [-0.39, 0.29) is 0 Å². The van der Waals surface area contributed by atoms with Gasteiger partial charge in [0.1, 0.15) is 0 Å². The van der Waals surface area contributed by atoms with E-state index in [2.05, 4.69) is 173 Å². The van der Waals surface area contributed by atoms with Crippen molar-refractivity contribution in [3.63, 3.8) is 0 Å². The largest absolute Gasteiger partial charge is 0.310 e. The van der Waals surface area contributed by atoms with Gasteiger partial charge in [-0.15, -0.1) is 0 Å². The molecule has 0 spiro atoms. The Hall–Kier alpha value is -6.00. The van der Waals surface area contributed by atoms with Gasteiger partial charge in [0.05, 0.1) is 11.0 Å². The van der Waals surface area contributed by atoms with Crippen molar-refractivity contribution >= 4 is 38.9 Å². The molecule has 4 nitrogen and oxygen atoms in total. The number of fused-ring (bicyclic) bond motifs is 3. The molecule has 0 unspecified atom stereocenters. The van der Waals surface area contributed by atoms with Crippen LogP contribution in [0.5, 0.6) is 0 Å². The number of anilines is 3. The Bertz CT molecular complexity index is 2270. The molecule has 8 aromatic rings. The first-order valence-corrected chi connectivity index (χ1v) is 15.6. The molecule has 0 N–H and O–H groups in total. The number of benzene rings is 6. The molecule has 0 aliphatic carbocycles. The van der Waals surface area contributed by atoms with E-state index < -0.39 is 0 Å². The molecule has 0 radical (unpaired) electrons. The van der Waals surface area contributed by atoms with Crippen LogP contribution in [0, 0.1) is 13.8 Å². The predicted molar refractivity (Wildman–Crippen MR) is 191 cm³/mol. The van der Waals surface area contributed by atoms with Crippen LogP contribution in [0.25, 0.3) is 50.0 Å². The zero-order valence-electron chi connectivity index (χ0n) is 25.8. The number of hydrogen-bond donors (Lipinski definition) is 0. The Morgan fingerprint density at radius 1 is 0.478 bits per heavy atom. The predicted octanol–water partition coefficient (Wildman–Crippen LogP) is 11.0. The van der Waals surface area contributed by atoms with Crippen LogP contribution < -0.4 is 4.90 Å². The molecule has 0 bridgehead atoms. The maximum Gasteiger partial charge on any atom is 0.159 e. The van der Waals surface area contributed by atoms with E-state index in [9.17, 15) is 0 Å². The summed E-state index contributed by atoms with van der Waals surface area (Å²) in [6.07, 6.45) is 3.59. The number of hydrogen-bond acceptors (Lipinski definition) is 3. The minimum atomic E-state index is 0.759. The quantitative estimate of drug-likeness (QED) is 0.193. The molecular formula is C42H32N4. The van der Waals surface area contributed by atoms with Crippen LogP contribution in [0.15, 0.2) is 158 Å². The lowest BCUT2D eigenvalue weighted by atomic mass is 9.93. The Morgan fingerprint density at radius 2 is 1.07 bits per heavy atom. The van der Waals surface area contributed by atoms with Crippen LogP contribution in [0.3, 0.4) is 0 Å². The molecule has 0 atom stereocenters. The second-order valence-electron chi connectivity index (χ2n) is 11.6. The molecular weight excluding hydrogens is 560 g/mol. The molecule has 0 aliphatic heterocycles. The van der Waals surface area contributed by atoms with Gasteiger partial charge in [-0.2, -0.15) is 0 Å². The van der Waals surface area contributed by atoms with Crippen molar-refractivity contribution in [3.8, 4) is 28.2 Å². The van der Waals surface area contributed by atoms with Gasteiger partial charge in [0, 0.05) is 51.5 Å². The summed E-state index contributed by atoms with van der Waals surface area (Å²) in [5.74, 6) is 0.759. The fourth-order valence-electron chi connectivity index (χ4n) is 6.58. The Balaban J connectivity index is 1.22. The summed E-state index contributed by atoms with van der Waals surface area (Å²) in [4.78, 5) is 11.3. The van der Waals surface area contributed by atoms with Gasteiger partial charge in [0.2, 0.25) is 0 Å². The summed E-state index contributed by atoms with van der Waals surface area (Å²) in [5, 5.41) is 2.45. The summed E-state index contributed by atoms with van der Waals surface area (Å²) < 4.78 is 2.38. The average Bonchev–Trinajstić information content (AvgIpc) is 3.45. The molecule has 220 valence electrons. The first-order chi connectivity index (χ1) is 22.7. The first kappa shape index (κ1) is 27.5. The lowest BCUT2D eigenvalue weighted by Gasteiger charge is -2.25. The van der Waals surface area contributed by atoms with Crippen LogP contribution >= 0.6 is 0 Å². The van der Waals surface area contributed by atoms with Crippen molar-refractivity contribution in [1.29, 1.82) is 0 Å². The zero-order valence-corrected chi connectivity index (χ0v) is 25.8. The van der Waals surface area contributed by atoms with E-state index in [0.29, 0.717) is 0 Å². The molecule has 0 aliphatic rings. The lowest BCUT2D eigenvalue weighted by molar-refractivity contribution is 1.16. The van der Waals surface area contributed by atoms with Gasteiger partial charge >= 0.3 is 0 Å². The summed E-state index contributed by atoms with van der Waals surface area (Å²) in [6, 6.07) is 51.8. The highest BCUT2D eigenvalue weighted by Gasteiger charge is 2.17. The number of nitrogens with zero attached hydrogens (tertiary/aromatic N) is 4. The number of aromatic nitrogens is 3. The number of rotatable bonds is 6. The zero-order chi connectivity index (χ0) is 31.0. The van der Waals surface area contributed by atoms with Crippen molar-refractivity contribution < 1.29 is 0 Å². The van der Waals surface area contributed by atoms with Crippen LogP contribution in [0.2, 0.25) is 0 Å². The molecule has 0 saturated heterocycles. The van der Waals surface area contributed by atoms with Gasteiger partial charge in [-0.1, -0.05) is 78.9 Å². The molecule has 6 aromatic carbocycles. The Labute approximate surface area is 268 Å². The van der Waals surface area contributed by atoms with Crippen LogP contribution in [-0.2, 0) is 0 Å². The van der Waals surface area contributed by atoms with Gasteiger partial charge in [0.25, 0.3) is 0 Å². The van der Waals surface area contributed by atoms with Crippen molar-refractivity contribution in [1.82, 2.24) is 14.5 Å². The summed E-state index contributed by atoms with van der Waals surface area (Å²) in [5.41, 5.74) is 12.8. The Kier molecular flexibility index (Phi) is 6.88. The molecule has 8 rings (SSSR count). The molecule has 0 amide bonds. The highest BCUT2D eigenvalue weighted by molar-refractivity contribution is 6.10. The molecule has 0 fully saturated rings. The van der Waals surface area contributed by atoms with Crippen molar-refractivity contribution in [3.05, 3.63) is 169 Å². The van der Waals surface area contributed by atoms with E-state index >= 15 is 0 Å². The second kappa shape index (κ2) is 11.5. The normalized spacial score (nSPS) is 11.3. The van der Waals surface area contributed by atoms with E-state index in [1.54, 1.807) is 12.4 Å². The molecule has 46 heavy (non-hydrogen) atoms. The van der Waals surface area contributed by atoms with Gasteiger partial charge in [0.15, 0.2) is 5.82 Å². The first-order valence-electron chi connectivity index (χ1n) is 15.6. The van der Waals surface area contributed by atoms with Crippen molar-refractivity contribution in [2.75, 3.05) is 4.90 Å². The van der Waals surface area contributed by atoms with Crippen LogP contribution in [-0.4, -0.2) is 14.5 Å². The van der Waals surface area contributed by atoms with Gasteiger partial charge < -0.3 is 9.47 Å². The molecule has 0 saturated carbocycles. The fraction of sp³-hybridized carbons (Fsp3) is 0.0476. The van der Waals surface area contributed by atoms with E-state index in [4.69, 9.17) is 0 Å². The number of para-hydroxylation sites is 3. The highest BCUT2D eigenvalue weighted by atomic mass is 15.1. The third kappa shape index (κ3) is 4.72. The monoisotopic (exact) mass is 592 g/mol. The smallest absolute Gasteiger partial charge is 0.159 e. The third-order valence-electron chi connectivity index (χ3n) is 8.97. The van der Waals surface area contributed by atoms with E-state index in [0.717, 1.165) is 34.1 Å². The minimum Gasteiger partial charge on any atom is -0.310 e. The van der Waals surface area contributed by atoms with Crippen LogP contribution in [0.4, 0.5) is 17.1 Å². The molecule has 2 aromatic heterocycles. The minimum absolute atomic E-state index is 0.759. The van der Waals surface area contributed by atoms with E-state index in [1.807, 2.05) is 6.07 Å². The highest BCUT2D eigenvalue weighted by Crippen LogP contribution is 2.40. The second-order valence-corrected chi connectivity index (χ2v) is 11.6. The molecule has 2 heterocycles. The maximum atomic E-state index is 4.47. The van der Waals surface area contributed by atoms with Gasteiger partial charge in [-0.05, 0) is 103 Å². The van der Waals surface area contributed by atoms with Crippen LogP contribution in [0.1, 0.15) is 11.1 Å². The van der Waals surface area contributed by atoms with Gasteiger partial charge in [-0.3, -0.25) is 0 Å². The maximum absolute atomic E-state index is 4.47. The fourth-order valence-corrected chi connectivity index (χ4v) is 6.58. The average molecular weight is 593 g/mol. The SMILES string of the molecule is Cc1c(-c2ccc(-n3c4ccccc4c4cc(N(c5ccccc5)c5ccccc5)ccc43)cc2)ccc(-c2ncccn2)c1C. The van der Waals surface area contributed by atoms with Crippen molar-refractivity contribution in [2.45, 2.75) is 13.8 Å². The third-order valence-corrected chi connectivity index (χ3v) is 8.97. The Morgan fingerprint density at radius 3 is 1.76 bits per heavy atom. The molecule has 4 heteroatoms. The summed E-state index contributed by atoms with van der Waals surface area (Å²) in [6.45, 7) is 4.34. The summed E-state index contributed by atoms with van der Waals surface area (Å²) in [7, 11) is 0. The topological polar surface area (TPSA) is 34.0 Å². The van der Waals surface area contributed by atoms with E-state index in [1.165, 1.54) is 44.1 Å². The van der Waals surface area contributed by atoms with Crippen molar-refractivity contribution in [2.24, 2.45) is 0 Å². The lowest BCUT2D eigenvalue weighted by Crippen LogP contribution is -2.09. The van der Waals surface area contributed by atoms with Gasteiger partial charge in [-0.25, -0.2) is 9.97 Å². The summed E-state index contributed by atoms with van der Waals surface area (Å²) >= 11 is 0. The standard InChI is InChI=1S/C42H32N4/c1-29-30(2)37(42-43-26-11-27-44-42)24-23-36(29)31-18-20-34(21-19-31)46-40-17-10-9-16-38(40)39-28-35(22-25-41(39)46)45(32-12-5-3-6-13-32)33-14-7-4-8-15-33/h3-28H,1-2H3.